The maximum atomic E-state index is 13.8. The van der Waals surface area contributed by atoms with Crippen molar-refractivity contribution in [3.05, 3.63) is 147 Å². The molecule has 0 aliphatic heterocycles. The van der Waals surface area contributed by atoms with Gasteiger partial charge < -0.3 is 35.9 Å². The highest BCUT2D eigenvalue weighted by molar-refractivity contribution is 5.98. The second kappa shape index (κ2) is 18.1. The molecule has 276 valence electrons. The Balaban J connectivity index is 1.33. The van der Waals surface area contributed by atoms with Crippen molar-refractivity contribution in [3.8, 4) is 5.75 Å². The number of carbonyl (C=O) groups is 3. The van der Waals surface area contributed by atoms with Crippen LogP contribution in [0.5, 0.6) is 5.75 Å². The van der Waals surface area contributed by atoms with Gasteiger partial charge in [0.25, 0.3) is 11.8 Å². The van der Waals surface area contributed by atoms with E-state index in [4.69, 9.17) is 4.74 Å². The van der Waals surface area contributed by atoms with E-state index in [9.17, 15) is 29.4 Å². The van der Waals surface area contributed by atoms with E-state index in [0.717, 1.165) is 28.3 Å². The summed E-state index contributed by atoms with van der Waals surface area (Å²) in [5.41, 5.74) is 3.58. The number of aliphatic hydroxyl groups excluding tert-OH is 2. The molecule has 1 heterocycles. The van der Waals surface area contributed by atoms with Gasteiger partial charge in [0, 0.05) is 23.0 Å². The highest BCUT2D eigenvalue weighted by Crippen LogP contribution is 2.22. The Morgan fingerprint density at radius 2 is 1.36 bits per heavy atom. The minimum atomic E-state index is -1.43. The van der Waals surface area contributed by atoms with Crippen LogP contribution >= 0.6 is 0 Å². The summed E-state index contributed by atoms with van der Waals surface area (Å²) in [6, 6.07) is 29.6. The van der Waals surface area contributed by atoms with E-state index >= 15 is 0 Å². The van der Waals surface area contributed by atoms with Gasteiger partial charge in [-0.2, -0.15) is 0 Å². The lowest BCUT2D eigenvalue weighted by Gasteiger charge is -2.30. The number of amides is 3. The first-order valence-corrected chi connectivity index (χ1v) is 17.6. The highest BCUT2D eigenvalue weighted by Gasteiger charge is 2.32. The summed E-state index contributed by atoms with van der Waals surface area (Å²) in [6.45, 7) is 4.96. The van der Waals surface area contributed by atoms with Gasteiger partial charge in [-0.05, 0) is 74.4 Å². The smallest absolute Gasteiger partial charge is 0.268 e. The molecule has 5 atom stereocenters. The molecule has 3 amide bonds. The fourth-order valence-electron chi connectivity index (χ4n) is 6.35. The molecular weight excluding hydrogens is 672 g/mol. The number of rotatable bonds is 16. The number of aromatic amines is 1. The van der Waals surface area contributed by atoms with Crippen molar-refractivity contribution in [2.24, 2.45) is 0 Å². The standard InChI is InChI=1S/C42H46N4O7/c1-26-13-12-14-27(2)40(26)53-25-38(50)43-31(21-29-15-6-4-7-16-29)23-37(49)34(22-30-17-8-5-9-18-30)45-42(52)39(28(3)47)46-41(51)35-24-36(48)32-19-10-11-20-33(32)44-35/h4-20,24,28,31,34,37,39,47,49H,21-23,25H2,1-3H3,(H,43,50)(H,44,48)(H,45,52)(H,46,51). The number of hydrogen-bond donors (Lipinski definition) is 6. The third kappa shape index (κ3) is 10.6. The van der Waals surface area contributed by atoms with Crippen LogP contribution in [0.3, 0.4) is 0 Å². The fourth-order valence-corrected chi connectivity index (χ4v) is 6.35. The molecule has 0 saturated carbocycles. The van der Waals surface area contributed by atoms with E-state index in [0.29, 0.717) is 23.1 Å². The van der Waals surface area contributed by atoms with Crippen LogP contribution in [0.25, 0.3) is 10.9 Å². The van der Waals surface area contributed by atoms with E-state index in [1.165, 1.54) is 6.92 Å². The zero-order valence-electron chi connectivity index (χ0n) is 30.0. The monoisotopic (exact) mass is 718 g/mol. The van der Waals surface area contributed by atoms with E-state index < -0.39 is 42.1 Å². The zero-order valence-corrected chi connectivity index (χ0v) is 30.0. The summed E-state index contributed by atoms with van der Waals surface area (Å²) in [5, 5.41) is 31.3. The van der Waals surface area contributed by atoms with Gasteiger partial charge in [0.2, 0.25) is 5.91 Å². The molecule has 5 aromatic rings. The first-order valence-electron chi connectivity index (χ1n) is 17.6. The SMILES string of the molecule is Cc1cccc(C)c1OCC(=O)NC(Cc1ccccc1)CC(O)C(Cc1ccccc1)NC(=O)C(NC(=O)c1cc(=O)c2ccccc2[nH]1)C(C)O. The topological polar surface area (TPSA) is 170 Å². The zero-order chi connectivity index (χ0) is 37.9. The summed E-state index contributed by atoms with van der Waals surface area (Å²) < 4.78 is 5.90. The molecule has 11 heteroatoms. The molecule has 11 nitrogen and oxygen atoms in total. The summed E-state index contributed by atoms with van der Waals surface area (Å²) in [7, 11) is 0. The molecule has 0 bridgehead atoms. The Hall–Kier alpha value is -5.78. The first-order chi connectivity index (χ1) is 25.5. The number of para-hydroxylation sites is 2. The van der Waals surface area contributed by atoms with Crippen LogP contribution in [-0.4, -0.2) is 69.9 Å². The number of H-pyrrole nitrogens is 1. The summed E-state index contributed by atoms with van der Waals surface area (Å²) in [6.07, 6.45) is -1.83. The third-order valence-electron chi connectivity index (χ3n) is 9.10. The molecule has 0 radical (unpaired) electrons. The predicted octanol–water partition coefficient (Wildman–Crippen LogP) is 3.91. The minimum Gasteiger partial charge on any atom is -0.483 e. The van der Waals surface area contributed by atoms with Gasteiger partial charge in [0.1, 0.15) is 17.5 Å². The van der Waals surface area contributed by atoms with E-state index in [2.05, 4.69) is 20.9 Å². The Labute approximate surface area is 308 Å². The normalized spacial score (nSPS) is 14.0. The molecule has 5 unspecified atom stereocenters. The first kappa shape index (κ1) is 38.5. The van der Waals surface area contributed by atoms with Crippen LogP contribution in [0.15, 0.2) is 114 Å². The molecule has 4 aromatic carbocycles. The highest BCUT2D eigenvalue weighted by atomic mass is 16.5. The molecule has 6 N–H and O–H groups in total. The van der Waals surface area contributed by atoms with Gasteiger partial charge in [0.15, 0.2) is 12.0 Å². The Kier molecular flexibility index (Phi) is 13.1. The predicted molar refractivity (Wildman–Crippen MR) is 204 cm³/mol. The Morgan fingerprint density at radius 3 is 2.00 bits per heavy atom. The third-order valence-corrected chi connectivity index (χ3v) is 9.10. The van der Waals surface area contributed by atoms with Gasteiger partial charge in [-0.3, -0.25) is 19.2 Å². The largest absolute Gasteiger partial charge is 0.483 e. The Bertz CT molecular complexity index is 2050. The second-order valence-electron chi connectivity index (χ2n) is 13.4. The van der Waals surface area contributed by atoms with Gasteiger partial charge >= 0.3 is 0 Å². The number of carbonyl (C=O) groups excluding carboxylic acids is 3. The molecule has 5 rings (SSSR count). The van der Waals surface area contributed by atoms with Crippen molar-refractivity contribution < 1.29 is 29.3 Å². The average molecular weight is 719 g/mol. The van der Waals surface area contributed by atoms with Crippen LogP contribution in [0, 0.1) is 13.8 Å². The van der Waals surface area contributed by atoms with Crippen molar-refractivity contribution in [2.75, 3.05) is 6.61 Å². The number of aliphatic hydroxyl groups is 2. The van der Waals surface area contributed by atoms with E-state index in [1.807, 2.05) is 92.7 Å². The van der Waals surface area contributed by atoms with Crippen LogP contribution in [0.2, 0.25) is 0 Å². The lowest BCUT2D eigenvalue weighted by Crippen LogP contribution is -2.57. The number of pyridine rings is 1. The number of aryl methyl sites for hydroxylation is 2. The maximum Gasteiger partial charge on any atom is 0.268 e. The van der Waals surface area contributed by atoms with Crippen LogP contribution in [0.4, 0.5) is 0 Å². The number of benzene rings is 4. The average Bonchev–Trinajstić information content (AvgIpc) is 3.13. The fraction of sp³-hybridized carbons (Fsp3) is 0.286. The molecular formula is C42H46N4O7. The molecule has 0 aliphatic carbocycles. The van der Waals surface area contributed by atoms with Crippen LogP contribution in [-0.2, 0) is 22.4 Å². The van der Waals surface area contributed by atoms with E-state index in [-0.39, 0.29) is 36.5 Å². The number of aromatic nitrogens is 1. The lowest BCUT2D eigenvalue weighted by molar-refractivity contribution is -0.127. The summed E-state index contributed by atoms with van der Waals surface area (Å²) in [5.74, 6) is -1.22. The van der Waals surface area contributed by atoms with Crippen LogP contribution < -0.4 is 26.1 Å². The molecule has 53 heavy (non-hydrogen) atoms. The van der Waals surface area contributed by atoms with E-state index in [1.54, 1.807) is 24.3 Å². The number of hydrogen-bond acceptors (Lipinski definition) is 7. The number of ether oxygens (including phenoxy) is 1. The quantitative estimate of drug-likeness (QED) is 0.0899. The minimum absolute atomic E-state index is 0.0613. The van der Waals surface area contributed by atoms with Crippen molar-refractivity contribution >= 4 is 28.6 Å². The van der Waals surface area contributed by atoms with Gasteiger partial charge in [-0.25, -0.2) is 0 Å². The molecule has 1 aromatic heterocycles. The Morgan fingerprint density at radius 1 is 0.755 bits per heavy atom. The number of fused-ring (bicyclic) bond motifs is 1. The summed E-state index contributed by atoms with van der Waals surface area (Å²) >= 11 is 0. The maximum absolute atomic E-state index is 13.8. The molecule has 0 aliphatic rings. The second-order valence-corrected chi connectivity index (χ2v) is 13.4. The van der Waals surface area contributed by atoms with Crippen LogP contribution in [0.1, 0.15) is 46.1 Å². The van der Waals surface area contributed by atoms with Crippen molar-refractivity contribution in [1.29, 1.82) is 0 Å². The van der Waals surface area contributed by atoms with Gasteiger partial charge in [0.05, 0.1) is 18.2 Å². The molecule has 0 saturated heterocycles. The lowest BCUT2D eigenvalue weighted by atomic mass is 9.93. The van der Waals surface area contributed by atoms with Crippen molar-refractivity contribution in [3.63, 3.8) is 0 Å². The van der Waals surface area contributed by atoms with Crippen molar-refractivity contribution in [2.45, 2.75) is 70.4 Å². The van der Waals surface area contributed by atoms with Crippen molar-refractivity contribution in [1.82, 2.24) is 20.9 Å². The van der Waals surface area contributed by atoms with Gasteiger partial charge in [-0.15, -0.1) is 0 Å². The summed E-state index contributed by atoms with van der Waals surface area (Å²) in [4.78, 5) is 55.9. The number of nitrogens with one attached hydrogen (secondary N) is 4. The molecule has 0 fully saturated rings. The van der Waals surface area contributed by atoms with Gasteiger partial charge in [-0.1, -0.05) is 91.0 Å². The molecule has 0 spiro atoms.